The summed E-state index contributed by atoms with van der Waals surface area (Å²) in [5.41, 5.74) is 19.4. The number of phenolic OH excluding ortho intramolecular Hbond substituents is 1. The first kappa shape index (κ1) is 44.1. The SMILES string of the molecule is Cc1ccc(N(c2cccc(-c3cccc(-c4ccccc4C)c3)c2O)c2ccc3ccc4c(N(c5ccc(C)c(C)c5)c5cccc6c5OC5C(c7ccccc7)=CC=CC65)ccc5ccc2c3c54)cc1C. The molecule has 11 aromatic carbocycles. The van der Waals surface area contributed by atoms with Crippen molar-refractivity contribution < 1.29 is 9.84 Å². The lowest BCUT2D eigenvalue weighted by molar-refractivity contribution is 0.279. The number of hydrogen-bond donors (Lipinski definition) is 1. The van der Waals surface area contributed by atoms with Gasteiger partial charge in [-0.25, -0.2) is 0 Å². The van der Waals surface area contributed by atoms with Gasteiger partial charge < -0.3 is 19.6 Å². The Labute approximate surface area is 427 Å². The van der Waals surface area contributed by atoms with Gasteiger partial charge in [-0.2, -0.15) is 0 Å². The number of rotatable bonds is 9. The number of aryl methyl sites for hydroxylation is 5. The number of allylic oxidation sites excluding steroid dienone is 2. The van der Waals surface area contributed by atoms with E-state index in [4.69, 9.17) is 4.74 Å². The van der Waals surface area contributed by atoms with Crippen LogP contribution in [-0.4, -0.2) is 11.2 Å². The molecule has 2 unspecified atom stereocenters. The van der Waals surface area contributed by atoms with Crippen LogP contribution in [0, 0.1) is 34.6 Å². The van der Waals surface area contributed by atoms with Gasteiger partial charge in [-0.15, -0.1) is 0 Å². The van der Waals surface area contributed by atoms with Crippen molar-refractivity contribution in [1.82, 2.24) is 0 Å². The number of hydrogen-bond acceptors (Lipinski definition) is 4. The van der Waals surface area contributed by atoms with Crippen molar-refractivity contribution in [3.05, 3.63) is 257 Å². The fourth-order valence-corrected chi connectivity index (χ4v) is 11.6. The molecule has 1 aliphatic heterocycles. The molecule has 0 bridgehead atoms. The molecule has 352 valence electrons. The average Bonchev–Trinajstić information content (AvgIpc) is 3.81. The summed E-state index contributed by atoms with van der Waals surface area (Å²) in [6.45, 7) is 10.8. The topological polar surface area (TPSA) is 35.9 Å². The molecule has 4 heteroatoms. The third-order valence-corrected chi connectivity index (χ3v) is 15.7. The summed E-state index contributed by atoms with van der Waals surface area (Å²) in [7, 11) is 0. The molecule has 0 spiro atoms. The van der Waals surface area contributed by atoms with Crippen LogP contribution < -0.4 is 14.5 Å². The van der Waals surface area contributed by atoms with Gasteiger partial charge in [-0.05, 0) is 161 Å². The summed E-state index contributed by atoms with van der Waals surface area (Å²) in [6.07, 6.45) is 6.55. The number of benzene rings is 11. The Balaban J connectivity index is 0.999. The first-order valence-corrected chi connectivity index (χ1v) is 25.4. The summed E-state index contributed by atoms with van der Waals surface area (Å²) in [6, 6.07) is 71.9. The van der Waals surface area contributed by atoms with Crippen LogP contribution in [0.3, 0.4) is 0 Å². The number of anilines is 6. The molecule has 2 atom stereocenters. The van der Waals surface area contributed by atoms with Crippen LogP contribution in [-0.2, 0) is 0 Å². The largest absolute Gasteiger partial charge is 0.505 e. The van der Waals surface area contributed by atoms with E-state index < -0.39 is 0 Å². The second-order valence-electron chi connectivity index (χ2n) is 20.0. The molecule has 0 radical (unpaired) electrons. The third-order valence-electron chi connectivity index (χ3n) is 15.7. The summed E-state index contributed by atoms with van der Waals surface area (Å²) >= 11 is 0. The van der Waals surface area contributed by atoms with E-state index in [1.165, 1.54) is 60.9 Å². The summed E-state index contributed by atoms with van der Waals surface area (Å²) in [5, 5.41) is 19.6. The highest BCUT2D eigenvalue weighted by Gasteiger charge is 2.39. The first-order chi connectivity index (χ1) is 35.7. The Kier molecular flexibility index (Phi) is 10.6. The Morgan fingerprint density at radius 3 is 1.63 bits per heavy atom. The molecule has 0 saturated heterocycles. The molecule has 1 N–H and O–H groups in total. The van der Waals surface area contributed by atoms with Crippen LogP contribution >= 0.6 is 0 Å². The van der Waals surface area contributed by atoms with Gasteiger partial charge >= 0.3 is 0 Å². The molecule has 13 rings (SSSR count). The monoisotopic (exact) mass is 942 g/mol. The van der Waals surface area contributed by atoms with Crippen LogP contribution in [0.5, 0.6) is 11.5 Å². The lowest BCUT2D eigenvalue weighted by Crippen LogP contribution is -2.21. The second-order valence-corrected chi connectivity index (χ2v) is 20.0. The van der Waals surface area contributed by atoms with E-state index >= 15 is 0 Å². The molecule has 1 aliphatic carbocycles. The molecule has 2 aliphatic rings. The van der Waals surface area contributed by atoms with Gasteiger partial charge in [0.05, 0.1) is 22.7 Å². The van der Waals surface area contributed by atoms with Crippen molar-refractivity contribution in [2.24, 2.45) is 0 Å². The van der Waals surface area contributed by atoms with E-state index in [9.17, 15) is 5.11 Å². The van der Waals surface area contributed by atoms with Crippen molar-refractivity contribution in [3.63, 3.8) is 0 Å². The van der Waals surface area contributed by atoms with Crippen molar-refractivity contribution in [3.8, 4) is 33.8 Å². The van der Waals surface area contributed by atoms with Crippen molar-refractivity contribution in [2.75, 3.05) is 9.80 Å². The minimum atomic E-state index is -0.144. The van der Waals surface area contributed by atoms with Crippen molar-refractivity contribution in [2.45, 2.75) is 46.6 Å². The zero-order valence-corrected chi connectivity index (χ0v) is 41.7. The third kappa shape index (κ3) is 7.27. The molecular weight excluding hydrogens is 889 g/mol. The van der Waals surface area contributed by atoms with E-state index in [0.29, 0.717) is 5.69 Å². The first-order valence-electron chi connectivity index (χ1n) is 25.4. The molecule has 11 aromatic rings. The van der Waals surface area contributed by atoms with Crippen LogP contribution in [0.25, 0.3) is 60.1 Å². The lowest BCUT2D eigenvalue weighted by atomic mass is 9.84. The molecule has 73 heavy (non-hydrogen) atoms. The molecule has 0 amide bonds. The molecular formula is C69H54N2O2. The van der Waals surface area contributed by atoms with Crippen LogP contribution in [0.2, 0.25) is 0 Å². The molecule has 0 saturated carbocycles. The maximum absolute atomic E-state index is 12.7. The minimum Gasteiger partial charge on any atom is -0.505 e. The minimum absolute atomic E-state index is 0.0839. The Morgan fingerprint density at radius 2 is 0.973 bits per heavy atom. The van der Waals surface area contributed by atoms with Gasteiger partial charge in [-0.3, -0.25) is 0 Å². The molecule has 0 aromatic heterocycles. The number of aromatic hydroxyl groups is 1. The number of para-hydroxylation sites is 2. The van der Waals surface area contributed by atoms with Crippen LogP contribution in [0.1, 0.15) is 44.9 Å². The number of fused-ring (bicyclic) bond motifs is 3. The van der Waals surface area contributed by atoms with Gasteiger partial charge in [0.1, 0.15) is 17.6 Å². The van der Waals surface area contributed by atoms with Crippen molar-refractivity contribution >= 4 is 72.0 Å². The molecule has 1 heterocycles. The highest BCUT2D eigenvalue weighted by atomic mass is 16.5. The van der Waals surface area contributed by atoms with Crippen molar-refractivity contribution in [1.29, 1.82) is 0 Å². The van der Waals surface area contributed by atoms with Crippen LogP contribution in [0.4, 0.5) is 34.1 Å². The maximum Gasteiger partial charge on any atom is 0.148 e. The number of phenols is 1. The highest BCUT2D eigenvalue weighted by Crippen LogP contribution is 2.55. The standard InChI is InChI=1S/C69H54N2O2/c1-42-27-33-52(39-45(42)4)70(63-25-13-21-55(67(63)72)51-19-11-18-50(41-51)54-20-10-9-15-44(54)3)61-37-31-48-30-36-60-62(38-32-49-29-35-59(61)65(48)66(49)60)71(53-34-28-43(2)46(5)40-53)64-26-14-24-58-57-23-12-22-56(68(57)73-69(58)64)47-16-7-6-8-17-47/h6-41,57,68,72H,1-5H3. The van der Waals surface area contributed by atoms with Gasteiger partial charge in [0.15, 0.2) is 0 Å². The predicted octanol–water partition coefficient (Wildman–Crippen LogP) is 18.6. The summed E-state index contributed by atoms with van der Waals surface area (Å²) in [5.74, 6) is 1.21. The van der Waals surface area contributed by atoms with E-state index in [0.717, 1.165) is 72.4 Å². The fraction of sp³-hybridized carbons (Fsp3) is 0.101. The smallest absolute Gasteiger partial charge is 0.148 e. The number of nitrogens with zero attached hydrogens (tertiary/aromatic N) is 2. The molecule has 0 fully saturated rings. The summed E-state index contributed by atoms with van der Waals surface area (Å²) in [4.78, 5) is 4.67. The zero-order valence-electron chi connectivity index (χ0n) is 41.7. The fourth-order valence-electron chi connectivity index (χ4n) is 11.6. The normalized spacial score (nSPS) is 14.8. The zero-order chi connectivity index (χ0) is 49.5. The summed E-state index contributed by atoms with van der Waals surface area (Å²) < 4.78 is 7.24. The van der Waals surface area contributed by atoms with Crippen LogP contribution in [0.15, 0.2) is 218 Å². The van der Waals surface area contributed by atoms with E-state index in [1.54, 1.807) is 0 Å². The molecule has 4 nitrogen and oxygen atoms in total. The van der Waals surface area contributed by atoms with Gasteiger partial charge in [-0.1, -0.05) is 164 Å². The van der Waals surface area contributed by atoms with E-state index in [1.807, 2.05) is 12.1 Å². The highest BCUT2D eigenvalue weighted by molar-refractivity contribution is 6.28. The number of ether oxygens (including phenoxy) is 1. The Hall–Kier alpha value is -8.86. The quantitative estimate of drug-likeness (QED) is 0.146. The van der Waals surface area contributed by atoms with Gasteiger partial charge in [0.25, 0.3) is 0 Å². The van der Waals surface area contributed by atoms with E-state index in [2.05, 4.69) is 251 Å². The predicted molar refractivity (Wildman–Crippen MR) is 306 cm³/mol. The lowest BCUT2D eigenvalue weighted by Gasteiger charge is -2.31. The van der Waals surface area contributed by atoms with E-state index in [-0.39, 0.29) is 17.8 Å². The second kappa shape index (κ2) is 17.5. The maximum atomic E-state index is 12.7. The Morgan fingerprint density at radius 1 is 0.425 bits per heavy atom. The average molecular weight is 943 g/mol. The van der Waals surface area contributed by atoms with Gasteiger partial charge in [0, 0.05) is 44.8 Å². The van der Waals surface area contributed by atoms with Gasteiger partial charge in [0.2, 0.25) is 0 Å². The Bertz CT molecular complexity index is 4050.